The van der Waals surface area contributed by atoms with Gasteiger partial charge in [0.1, 0.15) is 11.5 Å². The van der Waals surface area contributed by atoms with Crippen molar-refractivity contribution in [2.75, 3.05) is 33.6 Å². The molecule has 0 saturated heterocycles. The van der Waals surface area contributed by atoms with E-state index in [1.54, 1.807) is 33.4 Å². The zero-order valence-corrected chi connectivity index (χ0v) is 17.3. The van der Waals surface area contributed by atoms with E-state index in [0.29, 0.717) is 29.6 Å². The highest BCUT2D eigenvalue weighted by molar-refractivity contribution is 7.89. The molecule has 6 nitrogen and oxygen atoms in total. The normalized spacial score (nSPS) is 11.6. The third-order valence-electron chi connectivity index (χ3n) is 4.14. The summed E-state index contributed by atoms with van der Waals surface area (Å²) in [5.74, 6) is 1.26. The summed E-state index contributed by atoms with van der Waals surface area (Å²) < 4.78 is 36.9. The van der Waals surface area contributed by atoms with Gasteiger partial charge < -0.3 is 14.8 Å². The van der Waals surface area contributed by atoms with Crippen molar-refractivity contribution in [3.05, 3.63) is 58.6 Å². The molecule has 2 aromatic rings. The zero-order chi connectivity index (χ0) is 19.9. The summed E-state index contributed by atoms with van der Waals surface area (Å²) in [7, 11) is 1.29. The van der Waals surface area contributed by atoms with Crippen LogP contribution in [-0.4, -0.2) is 46.3 Å². The van der Waals surface area contributed by atoms with Gasteiger partial charge in [-0.15, -0.1) is 0 Å². The number of sulfonamides is 1. The Labute approximate surface area is 166 Å². The third-order valence-corrected chi connectivity index (χ3v) is 6.19. The highest BCUT2D eigenvalue weighted by Crippen LogP contribution is 2.26. The van der Waals surface area contributed by atoms with Crippen LogP contribution in [0.1, 0.15) is 11.1 Å². The molecule has 0 bridgehead atoms. The maximum absolute atomic E-state index is 12.5. The monoisotopic (exact) mass is 412 g/mol. The van der Waals surface area contributed by atoms with E-state index in [-0.39, 0.29) is 12.3 Å². The van der Waals surface area contributed by atoms with Gasteiger partial charge in [0.05, 0.1) is 20.0 Å². The molecule has 2 rings (SSSR count). The molecule has 0 amide bonds. The van der Waals surface area contributed by atoms with Crippen LogP contribution in [0.3, 0.4) is 0 Å². The Balaban J connectivity index is 1.89. The molecule has 0 aliphatic carbocycles. The molecule has 0 aliphatic rings. The van der Waals surface area contributed by atoms with Gasteiger partial charge in [0.2, 0.25) is 10.0 Å². The van der Waals surface area contributed by atoms with Crippen LogP contribution in [0.15, 0.2) is 42.5 Å². The molecule has 0 radical (unpaired) electrons. The van der Waals surface area contributed by atoms with Gasteiger partial charge in [-0.2, -0.15) is 0 Å². The van der Waals surface area contributed by atoms with Gasteiger partial charge in [-0.25, -0.2) is 12.7 Å². The standard InChI is InChI=1S/C19H25ClN2O4S/c1-22(14-16-6-9-18(25-2)12-19(16)26-3)27(23,24)11-10-21-13-15-4-7-17(20)8-5-15/h4-9,12,21H,10-11,13-14H2,1-3H3. The Morgan fingerprint density at radius 1 is 1.07 bits per heavy atom. The van der Waals surface area contributed by atoms with E-state index in [0.717, 1.165) is 11.1 Å². The number of hydrogen-bond acceptors (Lipinski definition) is 5. The highest BCUT2D eigenvalue weighted by Gasteiger charge is 2.19. The van der Waals surface area contributed by atoms with Crippen molar-refractivity contribution in [1.82, 2.24) is 9.62 Å². The number of ether oxygens (including phenoxy) is 2. The van der Waals surface area contributed by atoms with E-state index in [9.17, 15) is 8.42 Å². The minimum Gasteiger partial charge on any atom is -0.497 e. The second kappa shape index (κ2) is 9.94. The Morgan fingerprint density at radius 3 is 2.41 bits per heavy atom. The first kappa shape index (κ1) is 21.5. The molecule has 1 N–H and O–H groups in total. The third kappa shape index (κ3) is 6.39. The first-order chi connectivity index (χ1) is 12.9. The maximum Gasteiger partial charge on any atom is 0.215 e. The van der Waals surface area contributed by atoms with Crippen LogP contribution in [0, 0.1) is 0 Å². The van der Waals surface area contributed by atoms with Crippen LogP contribution in [0.5, 0.6) is 11.5 Å². The lowest BCUT2D eigenvalue weighted by Crippen LogP contribution is -2.33. The summed E-state index contributed by atoms with van der Waals surface area (Å²) in [6, 6.07) is 12.8. The second-order valence-corrected chi connectivity index (χ2v) is 8.68. The highest BCUT2D eigenvalue weighted by atomic mass is 35.5. The first-order valence-electron chi connectivity index (χ1n) is 8.46. The molecule has 0 aliphatic heterocycles. The largest absolute Gasteiger partial charge is 0.497 e. The van der Waals surface area contributed by atoms with Gasteiger partial charge in [0.15, 0.2) is 0 Å². The lowest BCUT2D eigenvalue weighted by atomic mass is 10.2. The van der Waals surface area contributed by atoms with Crippen LogP contribution >= 0.6 is 11.6 Å². The molecule has 0 fully saturated rings. The molecule has 148 valence electrons. The fraction of sp³-hybridized carbons (Fsp3) is 0.368. The number of methoxy groups -OCH3 is 2. The number of benzene rings is 2. The molecule has 2 aromatic carbocycles. The van der Waals surface area contributed by atoms with Crippen LogP contribution in [-0.2, 0) is 23.1 Å². The van der Waals surface area contributed by atoms with Crippen LogP contribution in [0.4, 0.5) is 0 Å². The molecule has 0 spiro atoms. The fourth-order valence-corrected chi connectivity index (χ4v) is 3.69. The summed E-state index contributed by atoms with van der Waals surface area (Å²) >= 11 is 5.85. The van der Waals surface area contributed by atoms with E-state index in [1.807, 2.05) is 30.3 Å². The molecule has 0 aromatic heterocycles. The quantitative estimate of drug-likeness (QED) is 0.608. The van der Waals surface area contributed by atoms with E-state index < -0.39 is 10.0 Å². The summed E-state index contributed by atoms with van der Waals surface area (Å²) in [6.45, 7) is 1.17. The number of nitrogens with zero attached hydrogens (tertiary/aromatic N) is 1. The van der Waals surface area contributed by atoms with Crippen molar-refractivity contribution in [1.29, 1.82) is 0 Å². The van der Waals surface area contributed by atoms with E-state index >= 15 is 0 Å². The van der Waals surface area contributed by atoms with Gasteiger partial charge >= 0.3 is 0 Å². The van der Waals surface area contributed by atoms with Crippen molar-refractivity contribution in [2.24, 2.45) is 0 Å². The summed E-state index contributed by atoms with van der Waals surface area (Å²) in [6.07, 6.45) is 0. The smallest absolute Gasteiger partial charge is 0.215 e. The molecule has 27 heavy (non-hydrogen) atoms. The molecule has 0 unspecified atom stereocenters. The predicted octanol–water partition coefficient (Wildman–Crippen LogP) is 2.91. The number of nitrogens with one attached hydrogen (secondary N) is 1. The molecule has 0 saturated carbocycles. The van der Waals surface area contributed by atoms with Crippen molar-refractivity contribution in [3.63, 3.8) is 0 Å². The average molecular weight is 413 g/mol. The van der Waals surface area contributed by atoms with Crippen molar-refractivity contribution in [3.8, 4) is 11.5 Å². The molecule has 0 atom stereocenters. The van der Waals surface area contributed by atoms with Crippen molar-refractivity contribution >= 4 is 21.6 Å². The molecule has 8 heteroatoms. The Morgan fingerprint density at radius 2 is 1.78 bits per heavy atom. The predicted molar refractivity (Wildman–Crippen MR) is 108 cm³/mol. The van der Waals surface area contributed by atoms with Gasteiger partial charge in [0.25, 0.3) is 0 Å². The molecular formula is C19H25ClN2O4S. The van der Waals surface area contributed by atoms with E-state index in [4.69, 9.17) is 21.1 Å². The van der Waals surface area contributed by atoms with Crippen molar-refractivity contribution in [2.45, 2.75) is 13.1 Å². The average Bonchev–Trinajstić information content (AvgIpc) is 2.66. The van der Waals surface area contributed by atoms with Gasteiger partial charge in [-0.1, -0.05) is 29.8 Å². The van der Waals surface area contributed by atoms with Gasteiger partial charge in [0, 0.05) is 43.3 Å². The van der Waals surface area contributed by atoms with E-state index in [2.05, 4.69) is 5.32 Å². The first-order valence-corrected chi connectivity index (χ1v) is 10.4. The van der Waals surface area contributed by atoms with Gasteiger partial charge in [-0.3, -0.25) is 0 Å². The van der Waals surface area contributed by atoms with Crippen LogP contribution in [0.25, 0.3) is 0 Å². The Kier molecular flexibility index (Phi) is 7.91. The summed E-state index contributed by atoms with van der Waals surface area (Å²) in [5.41, 5.74) is 1.83. The SMILES string of the molecule is COc1ccc(CN(C)S(=O)(=O)CCNCc2ccc(Cl)cc2)c(OC)c1. The lowest BCUT2D eigenvalue weighted by molar-refractivity contribution is 0.384. The minimum atomic E-state index is -3.40. The maximum atomic E-state index is 12.5. The van der Waals surface area contributed by atoms with E-state index in [1.165, 1.54) is 4.31 Å². The number of rotatable bonds is 10. The second-order valence-electron chi connectivity index (χ2n) is 6.05. The fourth-order valence-electron chi connectivity index (χ4n) is 2.51. The minimum absolute atomic E-state index is 0.00948. The molecular weight excluding hydrogens is 388 g/mol. The number of halogens is 1. The van der Waals surface area contributed by atoms with Crippen LogP contribution in [0.2, 0.25) is 5.02 Å². The zero-order valence-electron chi connectivity index (χ0n) is 15.7. The van der Waals surface area contributed by atoms with Crippen molar-refractivity contribution < 1.29 is 17.9 Å². The summed E-state index contributed by atoms with van der Waals surface area (Å²) in [4.78, 5) is 0. The Bertz CT molecular complexity index is 841. The van der Waals surface area contributed by atoms with Crippen LogP contribution < -0.4 is 14.8 Å². The lowest BCUT2D eigenvalue weighted by Gasteiger charge is -2.19. The number of hydrogen-bond donors (Lipinski definition) is 1. The summed E-state index contributed by atoms with van der Waals surface area (Å²) in [5, 5.41) is 3.82. The van der Waals surface area contributed by atoms with Gasteiger partial charge in [-0.05, 0) is 23.8 Å². The Hall–Kier alpha value is -1.80. The topological polar surface area (TPSA) is 67.9 Å². The molecule has 0 heterocycles.